The van der Waals surface area contributed by atoms with Crippen LogP contribution in [-0.2, 0) is 0 Å². The standard InChI is InChI=1S/C58H34N4O/c1-2-11-35(12-3-1)38-21-22-40-30-43(26-23-39(40)29-38)61-51-28-25-41(32-47(51)48-31-36-13-4-5-14-37(36)33-53(48)61)42-24-27-45-44-15-6-8-18-50(44)62(52(45)34-42)58-59-49-17-10-20-55-56(49)57(60-58)46-16-7-9-19-54(46)63-55/h1-34H. The number of aromatic nitrogens is 4. The van der Waals surface area contributed by atoms with Crippen LogP contribution in [0.25, 0.3) is 121 Å². The first-order valence-electron chi connectivity index (χ1n) is 21.4. The summed E-state index contributed by atoms with van der Waals surface area (Å²) in [6, 6.07) is 74.1. The summed E-state index contributed by atoms with van der Waals surface area (Å²) < 4.78 is 11.0. The molecule has 0 spiro atoms. The third-order valence-corrected chi connectivity index (χ3v) is 13.1. The number of fused-ring (bicyclic) bond motifs is 10. The van der Waals surface area contributed by atoms with Gasteiger partial charge in [-0.1, -0.05) is 127 Å². The Labute approximate surface area is 361 Å². The maximum Gasteiger partial charge on any atom is 0.235 e. The molecule has 0 aliphatic carbocycles. The lowest BCUT2D eigenvalue weighted by atomic mass is 10.0. The maximum absolute atomic E-state index is 6.34. The average molecular weight is 803 g/mol. The number of ether oxygens (including phenoxy) is 1. The second-order valence-electron chi connectivity index (χ2n) is 16.6. The molecular formula is C58H34N4O. The van der Waals surface area contributed by atoms with Crippen molar-refractivity contribution >= 4 is 76.1 Å². The third kappa shape index (κ3) is 5.11. The number of hydrogen-bond donors (Lipinski definition) is 0. The molecule has 292 valence electrons. The second-order valence-corrected chi connectivity index (χ2v) is 16.6. The van der Waals surface area contributed by atoms with E-state index in [9.17, 15) is 0 Å². The van der Waals surface area contributed by atoms with Crippen LogP contribution in [0.15, 0.2) is 206 Å². The van der Waals surface area contributed by atoms with Gasteiger partial charge in [-0.15, -0.1) is 0 Å². The highest BCUT2D eigenvalue weighted by molar-refractivity contribution is 6.15. The maximum atomic E-state index is 6.34. The van der Waals surface area contributed by atoms with Crippen LogP contribution in [0.1, 0.15) is 0 Å². The first kappa shape index (κ1) is 34.2. The summed E-state index contributed by atoms with van der Waals surface area (Å²) in [5.74, 6) is 2.21. The highest BCUT2D eigenvalue weighted by Gasteiger charge is 2.25. The predicted molar refractivity (Wildman–Crippen MR) is 260 cm³/mol. The molecule has 1 aliphatic heterocycles. The molecule has 0 amide bonds. The molecule has 14 rings (SSSR count). The van der Waals surface area contributed by atoms with Gasteiger partial charge in [-0.2, -0.15) is 0 Å². The zero-order chi connectivity index (χ0) is 41.2. The molecule has 0 bridgehead atoms. The Morgan fingerprint density at radius 3 is 1.94 bits per heavy atom. The van der Waals surface area contributed by atoms with E-state index in [-0.39, 0.29) is 0 Å². The van der Waals surface area contributed by atoms with Gasteiger partial charge in [0.05, 0.1) is 38.7 Å². The normalized spacial score (nSPS) is 12.3. The summed E-state index contributed by atoms with van der Waals surface area (Å²) >= 11 is 0. The Morgan fingerprint density at radius 2 is 1.00 bits per heavy atom. The van der Waals surface area contributed by atoms with E-state index in [0.717, 1.165) is 72.3 Å². The van der Waals surface area contributed by atoms with Crippen molar-refractivity contribution in [3.63, 3.8) is 0 Å². The van der Waals surface area contributed by atoms with Crippen LogP contribution in [0.4, 0.5) is 0 Å². The van der Waals surface area contributed by atoms with Crippen molar-refractivity contribution in [1.29, 1.82) is 0 Å². The van der Waals surface area contributed by atoms with E-state index in [2.05, 4.69) is 185 Å². The summed E-state index contributed by atoms with van der Waals surface area (Å²) in [5, 5.41) is 10.6. The Hall–Kier alpha value is -8.54. The van der Waals surface area contributed by atoms with Crippen molar-refractivity contribution in [2.45, 2.75) is 0 Å². The fourth-order valence-electron chi connectivity index (χ4n) is 10.1. The topological polar surface area (TPSA) is 44.9 Å². The molecule has 1 aliphatic rings. The number of nitrogens with zero attached hydrogens (tertiary/aromatic N) is 4. The summed E-state index contributed by atoms with van der Waals surface area (Å²) in [5.41, 5.74) is 13.0. The Kier molecular flexibility index (Phi) is 7.05. The van der Waals surface area contributed by atoms with E-state index >= 15 is 0 Å². The van der Waals surface area contributed by atoms with Gasteiger partial charge in [-0.3, -0.25) is 4.57 Å². The molecule has 63 heavy (non-hydrogen) atoms. The first-order valence-corrected chi connectivity index (χ1v) is 21.4. The van der Waals surface area contributed by atoms with Crippen LogP contribution >= 0.6 is 0 Å². The van der Waals surface area contributed by atoms with Gasteiger partial charge in [0.25, 0.3) is 0 Å². The minimum absolute atomic E-state index is 0.631. The summed E-state index contributed by atoms with van der Waals surface area (Å²) in [7, 11) is 0. The van der Waals surface area contributed by atoms with Crippen molar-refractivity contribution in [1.82, 2.24) is 19.1 Å². The SMILES string of the molecule is c1ccc(-c2ccc3cc(-n4c5ccc(-c6ccc7c8ccccc8n(-c8nc9c%10c(cccc%10n8)Oc8ccccc8-9)c7c6)cc5c5cc6ccccc6cc54)ccc3c2)cc1. The first-order chi connectivity index (χ1) is 31.2. The van der Waals surface area contributed by atoms with Gasteiger partial charge in [0.15, 0.2) is 0 Å². The number of para-hydroxylation sites is 2. The molecule has 0 N–H and O–H groups in total. The molecule has 13 aromatic rings. The smallest absolute Gasteiger partial charge is 0.235 e. The van der Waals surface area contributed by atoms with Crippen LogP contribution in [0.2, 0.25) is 0 Å². The van der Waals surface area contributed by atoms with Gasteiger partial charge in [0.1, 0.15) is 11.5 Å². The predicted octanol–water partition coefficient (Wildman–Crippen LogP) is 15.2. The molecule has 5 heteroatoms. The third-order valence-electron chi connectivity index (χ3n) is 13.1. The van der Waals surface area contributed by atoms with Gasteiger partial charge >= 0.3 is 0 Å². The molecule has 0 radical (unpaired) electrons. The van der Waals surface area contributed by atoms with E-state index in [1.807, 2.05) is 30.3 Å². The Bertz CT molecular complexity index is 4070. The highest BCUT2D eigenvalue weighted by Crippen LogP contribution is 2.46. The van der Waals surface area contributed by atoms with Crippen LogP contribution in [-0.4, -0.2) is 19.1 Å². The molecule has 10 aromatic carbocycles. The van der Waals surface area contributed by atoms with Gasteiger partial charge in [-0.25, -0.2) is 9.97 Å². The molecular weight excluding hydrogens is 769 g/mol. The van der Waals surface area contributed by atoms with Gasteiger partial charge in [0, 0.05) is 32.8 Å². The van der Waals surface area contributed by atoms with Gasteiger partial charge in [-0.05, 0) is 123 Å². The van der Waals surface area contributed by atoms with E-state index in [1.165, 1.54) is 54.5 Å². The second kappa shape index (κ2) is 13.0. The van der Waals surface area contributed by atoms with Crippen molar-refractivity contribution in [3.05, 3.63) is 206 Å². The van der Waals surface area contributed by atoms with Crippen molar-refractivity contribution in [2.24, 2.45) is 0 Å². The largest absolute Gasteiger partial charge is 0.456 e. The Balaban J connectivity index is 0.962. The zero-order valence-electron chi connectivity index (χ0n) is 33.8. The van der Waals surface area contributed by atoms with Crippen LogP contribution in [0, 0.1) is 0 Å². The van der Waals surface area contributed by atoms with Crippen LogP contribution in [0.3, 0.4) is 0 Å². The minimum atomic E-state index is 0.631. The van der Waals surface area contributed by atoms with Crippen LogP contribution in [0.5, 0.6) is 11.5 Å². The fourth-order valence-corrected chi connectivity index (χ4v) is 10.1. The van der Waals surface area contributed by atoms with E-state index in [1.54, 1.807) is 0 Å². The molecule has 3 aromatic heterocycles. The number of hydrogen-bond acceptors (Lipinski definition) is 3. The molecule has 0 unspecified atom stereocenters. The fraction of sp³-hybridized carbons (Fsp3) is 0. The van der Waals surface area contributed by atoms with Crippen molar-refractivity contribution < 1.29 is 4.74 Å². The lowest BCUT2D eigenvalue weighted by molar-refractivity contribution is 0.486. The molecule has 0 atom stereocenters. The minimum Gasteiger partial charge on any atom is -0.456 e. The average Bonchev–Trinajstić information content (AvgIpc) is 3.84. The van der Waals surface area contributed by atoms with E-state index < -0.39 is 0 Å². The summed E-state index contributed by atoms with van der Waals surface area (Å²) in [6.07, 6.45) is 0. The quantitative estimate of drug-likeness (QED) is 0.178. The van der Waals surface area contributed by atoms with E-state index in [4.69, 9.17) is 14.7 Å². The lowest BCUT2D eigenvalue weighted by Gasteiger charge is -2.21. The van der Waals surface area contributed by atoms with Gasteiger partial charge < -0.3 is 9.30 Å². The molecule has 0 fully saturated rings. The molecule has 4 heterocycles. The molecule has 0 saturated carbocycles. The molecule has 0 saturated heterocycles. The number of rotatable bonds is 4. The van der Waals surface area contributed by atoms with Crippen molar-refractivity contribution in [2.75, 3.05) is 0 Å². The lowest BCUT2D eigenvalue weighted by Crippen LogP contribution is -2.06. The van der Waals surface area contributed by atoms with E-state index in [0.29, 0.717) is 5.95 Å². The summed E-state index contributed by atoms with van der Waals surface area (Å²) in [6.45, 7) is 0. The Morgan fingerprint density at radius 1 is 0.349 bits per heavy atom. The van der Waals surface area contributed by atoms with Crippen LogP contribution < -0.4 is 4.74 Å². The monoisotopic (exact) mass is 802 g/mol. The highest BCUT2D eigenvalue weighted by atomic mass is 16.5. The molecule has 5 nitrogen and oxygen atoms in total. The van der Waals surface area contributed by atoms with Gasteiger partial charge in [0.2, 0.25) is 5.95 Å². The summed E-state index contributed by atoms with van der Waals surface area (Å²) in [4.78, 5) is 10.6. The zero-order valence-corrected chi connectivity index (χ0v) is 33.8. The number of benzene rings is 10. The van der Waals surface area contributed by atoms with Crippen molar-refractivity contribution in [3.8, 4) is 56.6 Å².